The summed E-state index contributed by atoms with van der Waals surface area (Å²) >= 11 is 0. The number of rotatable bonds is 10. The third-order valence-electron chi connectivity index (χ3n) is 5.11. The number of carbonyl (C=O) groups excluding carboxylic acids is 2. The van der Waals surface area contributed by atoms with Crippen LogP contribution in [-0.2, 0) is 4.79 Å². The summed E-state index contributed by atoms with van der Waals surface area (Å²) in [5.41, 5.74) is 2.44. The predicted octanol–water partition coefficient (Wildman–Crippen LogP) is 3.01. The number of fused-ring (bicyclic) bond motifs is 1. The van der Waals surface area contributed by atoms with Crippen molar-refractivity contribution >= 4 is 34.4 Å². The van der Waals surface area contributed by atoms with Gasteiger partial charge in [0, 0.05) is 61.8 Å². The molecular weight excluding hydrogens is 430 g/mol. The Bertz CT molecular complexity index is 1270. The smallest absolute Gasteiger partial charge is 0.253 e. The van der Waals surface area contributed by atoms with Gasteiger partial charge in [-0.3, -0.25) is 9.59 Å². The molecule has 0 spiro atoms. The zero-order chi connectivity index (χ0) is 23.8. The van der Waals surface area contributed by atoms with Gasteiger partial charge in [-0.25, -0.2) is 9.97 Å². The molecule has 4 rings (SSSR count). The van der Waals surface area contributed by atoms with E-state index in [0.717, 1.165) is 16.5 Å². The molecule has 2 aromatic heterocycles. The Hall–Kier alpha value is -4.40. The number of hydrogen-bond donors (Lipinski definition) is 5. The molecule has 0 atom stereocenters. The summed E-state index contributed by atoms with van der Waals surface area (Å²) in [5.74, 6) is 1.65. The lowest BCUT2D eigenvalue weighted by molar-refractivity contribution is -0.118. The van der Waals surface area contributed by atoms with Crippen LogP contribution in [0.5, 0.6) is 0 Å². The molecule has 5 N–H and O–H groups in total. The molecule has 0 saturated carbocycles. The maximum absolute atomic E-state index is 12.6. The molecule has 34 heavy (non-hydrogen) atoms. The average Bonchev–Trinajstić information content (AvgIpc) is 3.29. The molecule has 0 aliphatic heterocycles. The summed E-state index contributed by atoms with van der Waals surface area (Å²) in [7, 11) is 0. The summed E-state index contributed by atoms with van der Waals surface area (Å²) in [4.78, 5) is 36.0. The number of anilines is 2. The summed E-state index contributed by atoms with van der Waals surface area (Å²) in [6, 6.07) is 19.2. The van der Waals surface area contributed by atoms with E-state index in [1.807, 2.05) is 60.7 Å². The molecule has 0 unspecified atom stereocenters. The van der Waals surface area contributed by atoms with Gasteiger partial charge in [0.2, 0.25) is 5.91 Å². The van der Waals surface area contributed by atoms with E-state index >= 15 is 0 Å². The predicted molar refractivity (Wildman–Crippen MR) is 134 cm³/mol. The Morgan fingerprint density at radius 1 is 0.824 bits per heavy atom. The Balaban J connectivity index is 1.38. The summed E-state index contributed by atoms with van der Waals surface area (Å²) < 4.78 is 0. The van der Waals surface area contributed by atoms with E-state index < -0.39 is 0 Å². The second-order valence-electron chi connectivity index (χ2n) is 7.67. The fourth-order valence-electron chi connectivity index (χ4n) is 3.49. The van der Waals surface area contributed by atoms with Gasteiger partial charge in [-0.15, -0.1) is 0 Å². The number of carbonyl (C=O) groups is 2. The van der Waals surface area contributed by atoms with Crippen molar-refractivity contribution in [1.82, 2.24) is 25.6 Å². The van der Waals surface area contributed by atoms with E-state index in [2.05, 4.69) is 36.2 Å². The van der Waals surface area contributed by atoms with Crippen molar-refractivity contribution in [3.8, 4) is 11.4 Å². The number of nitrogens with zero attached hydrogens (tertiary/aromatic N) is 2. The standard InChI is InChI=1S/C25H27N7O2/c1-17(33)26-11-12-27-22-15-23(32-24(31-22)18-7-3-2-4-8-18)28-13-14-29-25(34)20-16-30-21-10-6-5-9-19(20)21/h2-10,15-16,30H,11-14H2,1H3,(H,26,33)(H,29,34)(H2,27,28,31,32). The highest BCUT2D eigenvalue weighted by atomic mass is 16.2. The van der Waals surface area contributed by atoms with E-state index in [1.165, 1.54) is 6.92 Å². The first-order valence-electron chi connectivity index (χ1n) is 11.1. The van der Waals surface area contributed by atoms with Gasteiger partial charge in [0.05, 0.1) is 5.56 Å². The maximum Gasteiger partial charge on any atom is 0.253 e. The van der Waals surface area contributed by atoms with Gasteiger partial charge in [-0.2, -0.15) is 0 Å². The molecule has 2 aromatic carbocycles. The van der Waals surface area contributed by atoms with E-state index in [-0.39, 0.29) is 11.8 Å². The van der Waals surface area contributed by atoms with Crippen LogP contribution in [-0.4, -0.2) is 52.9 Å². The second-order valence-corrected chi connectivity index (χ2v) is 7.67. The van der Waals surface area contributed by atoms with Gasteiger partial charge >= 0.3 is 0 Å². The SMILES string of the molecule is CC(=O)NCCNc1cc(NCCNC(=O)c2c[nH]c3ccccc23)nc(-c2ccccc2)n1. The molecule has 0 aliphatic carbocycles. The van der Waals surface area contributed by atoms with Crippen molar-refractivity contribution in [3.05, 3.63) is 72.4 Å². The van der Waals surface area contributed by atoms with Crippen LogP contribution in [0.15, 0.2) is 66.9 Å². The Labute approximate surface area is 197 Å². The lowest BCUT2D eigenvalue weighted by Crippen LogP contribution is -2.29. The number of aromatic amines is 1. The molecule has 174 valence electrons. The monoisotopic (exact) mass is 457 g/mol. The lowest BCUT2D eigenvalue weighted by atomic mass is 10.1. The quantitative estimate of drug-likeness (QED) is 0.233. The molecule has 0 saturated heterocycles. The Morgan fingerprint density at radius 3 is 2.18 bits per heavy atom. The molecule has 0 aliphatic rings. The zero-order valence-electron chi connectivity index (χ0n) is 18.9. The van der Waals surface area contributed by atoms with Crippen LogP contribution in [0.3, 0.4) is 0 Å². The van der Waals surface area contributed by atoms with Crippen molar-refractivity contribution in [2.75, 3.05) is 36.8 Å². The first kappa shape index (κ1) is 22.8. The first-order chi connectivity index (χ1) is 16.6. The fraction of sp³-hybridized carbons (Fsp3) is 0.200. The summed E-state index contributed by atoms with van der Waals surface area (Å²) in [5, 5.41) is 13.1. The molecule has 2 heterocycles. The minimum Gasteiger partial charge on any atom is -0.368 e. The molecular formula is C25H27N7O2. The van der Waals surface area contributed by atoms with Crippen LogP contribution < -0.4 is 21.3 Å². The minimum absolute atomic E-state index is 0.0773. The normalized spacial score (nSPS) is 10.6. The fourth-order valence-corrected chi connectivity index (χ4v) is 3.49. The number of nitrogens with one attached hydrogen (secondary N) is 5. The second kappa shape index (κ2) is 11.0. The van der Waals surface area contributed by atoms with Gasteiger partial charge in [0.15, 0.2) is 5.82 Å². The highest BCUT2D eigenvalue weighted by Crippen LogP contribution is 2.20. The topological polar surface area (TPSA) is 124 Å². The number of aromatic nitrogens is 3. The van der Waals surface area contributed by atoms with Crippen molar-refractivity contribution in [3.63, 3.8) is 0 Å². The van der Waals surface area contributed by atoms with Crippen LogP contribution in [0.2, 0.25) is 0 Å². The van der Waals surface area contributed by atoms with E-state index in [4.69, 9.17) is 0 Å². The minimum atomic E-state index is -0.132. The van der Waals surface area contributed by atoms with Crippen LogP contribution in [0.4, 0.5) is 11.6 Å². The number of hydrogen-bond acceptors (Lipinski definition) is 6. The largest absolute Gasteiger partial charge is 0.368 e. The summed E-state index contributed by atoms with van der Waals surface area (Å²) in [6.07, 6.45) is 1.73. The van der Waals surface area contributed by atoms with Gasteiger partial charge in [0.25, 0.3) is 5.91 Å². The van der Waals surface area contributed by atoms with Gasteiger partial charge in [0.1, 0.15) is 11.6 Å². The van der Waals surface area contributed by atoms with Crippen LogP contribution >= 0.6 is 0 Å². The van der Waals surface area contributed by atoms with Gasteiger partial charge in [-0.05, 0) is 6.07 Å². The number of benzene rings is 2. The van der Waals surface area contributed by atoms with Crippen LogP contribution in [0.1, 0.15) is 17.3 Å². The maximum atomic E-state index is 12.6. The Kier molecular flexibility index (Phi) is 7.34. The summed E-state index contributed by atoms with van der Waals surface area (Å²) in [6.45, 7) is 3.42. The van der Waals surface area contributed by atoms with Gasteiger partial charge in [-0.1, -0.05) is 48.5 Å². The molecule has 0 fully saturated rings. The molecule has 9 heteroatoms. The number of para-hydroxylation sites is 1. The molecule has 2 amide bonds. The van der Waals surface area contributed by atoms with E-state index in [0.29, 0.717) is 49.2 Å². The van der Waals surface area contributed by atoms with Gasteiger partial charge < -0.3 is 26.3 Å². The molecule has 4 aromatic rings. The molecule has 0 radical (unpaired) electrons. The Morgan fingerprint density at radius 2 is 1.47 bits per heavy atom. The van der Waals surface area contributed by atoms with Crippen molar-refractivity contribution < 1.29 is 9.59 Å². The van der Waals surface area contributed by atoms with E-state index in [9.17, 15) is 9.59 Å². The van der Waals surface area contributed by atoms with Crippen molar-refractivity contribution in [1.29, 1.82) is 0 Å². The third kappa shape index (κ3) is 5.89. The number of amides is 2. The van der Waals surface area contributed by atoms with Crippen molar-refractivity contribution in [2.45, 2.75) is 6.92 Å². The molecule has 9 nitrogen and oxygen atoms in total. The highest BCUT2D eigenvalue weighted by Gasteiger charge is 2.11. The van der Waals surface area contributed by atoms with Crippen LogP contribution in [0, 0.1) is 0 Å². The highest BCUT2D eigenvalue weighted by molar-refractivity contribution is 6.06. The lowest BCUT2D eigenvalue weighted by Gasteiger charge is -2.12. The van der Waals surface area contributed by atoms with Crippen LogP contribution in [0.25, 0.3) is 22.3 Å². The van der Waals surface area contributed by atoms with E-state index in [1.54, 1.807) is 6.20 Å². The molecule has 0 bridgehead atoms. The zero-order valence-corrected chi connectivity index (χ0v) is 18.9. The number of H-pyrrole nitrogens is 1. The first-order valence-corrected chi connectivity index (χ1v) is 11.1. The third-order valence-corrected chi connectivity index (χ3v) is 5.11. The van der Waals surface area contributed by atoms with Crippen molar-refractivity contribution in [2.24, 2.45) is 0 Å². The average molecular weight is 458 g/mol.